The molecule has 0 aliphatic rings. The molecular formula is C9H9F4NO. The number of benzene rings is 1. The molecule has 1 aromatic rings. The maximum Gasteiger partial charge on any atom is 0.416 e. The van der Waals surface area contributed by atoms with Crippen LogP contribution in [0.3, 0.4) is 0 Å². The molecule has 0 spiro atoms. The molecule has 0 bridgehead atoms. The molecule has 0 radical (unpaired) electrons. The lowest BCUT2D eigenvalue weighted by molar-refractivity contribution is -0.137. The van der Waals surface area contributed by atoms with E-state index in [0.29, 0.717) is 18.2 Å². The molecule has 0 saturated heterocycles. The summed E-state index contributed by atoms with van der Waals surface area (Å²) in [6, 6.07) is 1.84. The number of halogens is 4. The van der Waals surface area contributed by atoms with Gasteiger partial charge >= 0.3 is 6.18 Å². The van der Waals surface area contributed by atoms with Gasteiger partial charge in [0.15, 0.2) is 0 Å². The Balaban J connectivity index is 3.17. The summed E-state index contributed by atoms with van der Waals surface area (Å²) < 4.78 is 49.7. The third kappa shape index (κ3) is 2.66. The molecule has 2 nitrogen and oxygen atoms in total. The quantitative estimate of drug-likeness (QED) is 0.751. The Labute approximate surface area is 83.3 Å². The van der Waals surface area contributed by atoms with E-state index in [9.17, 15) is 17.6 Å². The zero-order chi connectivity index (χ0) is 11.6. The molecule has 15 heavy (non-hydrogen) atoms. The van der Waals surface area contributed by atoms with Crippen LogP contribution in [0.15, 0.2) is 18.2 Å². The predicted octanol–water partition coefficient (Wildman–Crippen LogP) is 1.84. The molecule has 6 heteroatoms. The van der Waals surface area contributed by atoms with Crippen LogP contribution in [0, 0.1) is 5.82 Å². The van der Waals surface area contributed by atoms with Gasteiger partial charge in [-0.05, 0) is 18.2 Å². The third-order valence-corrected chi connectivity index (χ3v) is 1.91. The smallest absolute Gasteiger partial charge is 0.387 e. The normalized spacial score (nSPS) is 14.0. The molecule has 0 amide bonds. The fourth-order valence-electron chi connectivity index (χ4n) is 1.10. The fraction of sp³-hybridized carbons (Fsp3) is 0.333. The molecule has 1 atom stereocenters. The van der Waals surface area contributed by atoms with Crippen LogP contribution < -0.4 is 5.73 Å². The van der Waals surface area contributed by atoms with E-state index in [1.807, 2.05) is 0 Å². The first-order valence-corrected chi connectivity index (χ1v) is 4.11. The van der Waals surface area contributed by atoms with Crippen molar-refractivity contribution in [3.8, 4) is 0 Å². The average Bonchev–Trinajstić information content (AvgIpc) is 2.15. The van der Waals surface area contributed by atoms with Gasteiger partial charge in [-0.1, -0.05) is 0 Å². The summed E-state index contributed by atoms with van der Waals surface area (Å²) in [5.74, 6) is -0.902. The average molecular weight is 223 g/mol. The van der Waals surface area contributed by atoms with Crippen LogP contribution in [-0.2, 0) is 6.18 Å². The first-order valence-electron chi connectivity index (χ1n) is 4.11. The van der Waals surface area contributed by atoms with Crippen LogP contribution in [0.25, 0.3) is 0 Å². The van der Waals surface area contributed by atoms with Gasteiger partial charge in [0, 0.05) is 12.1 Å². The Morgan fingerprint density at radius 3 is 2.40 bits per heavy atom. The van der Waals surface area contributed by atoms with Crippen LogP contribution in [0.2, 0.25) is 0 Å². The highest BCUT2D eigenvalue weighted by Gasteiger charge is 2.31. The number of alkyl halides is 3. The second-order valence-electron chi connectivity index (χ2n) is 2.99. The van der Waals surface area contributed by atoms with Gasteiger partial charge in [-0.3, -0.25) is 0 Å². The summed E-state index contributed by atoms with van der Waals surface area (Å²) in [5.41, 5.74) is 3.59. The van der Waals surface area contributed by atoms with E-state index >= 15 is 0 Å². The van der Waals surface area contributed by atoms with Crippen molar-refractivity contribution < 1.29 is 22.7 Å². The van der Waals surface area contributed by atoms with Crippen molar-refractivity contribution in [1.82, 2.24) is 0 Å². The van der Waals surface area contributed by atoms with Gasteiger partial charge in [-0.2, -0.15) is 13.2 Å². The lowest BCUT2D eigenvalue weighted by Crippen LogP contribution is -2.15. The number of nitrogens with two attached hydrogens (primary N) is 1. The van der Waals surface area contributed by atoms with Gasteiger partial charge in [0.25, 0.3) is 0 Å². The Morgan fingerprint density at radius 1 is 1.33 bits per heavy atom. The topological polar surface area (TPSA) is 46.2 Å². The van der Waals surface area contributed by atoms with E-state index < -0.39 is 29.2 Å². The number of hydrogen-bond acceptors (Lipinski definition) is 2. The van der Waals surface area contributed by atoms with Crippen LogP contribution in [0.5, 0.6) is 0 Å². The van der Waals surface area contributed by atoms with Crippen molar-refractivity contribution >= 4 is 0 Å². The molecule has 1 rings (SSSR count). The standard InChI is InChI=1S/C9H9F4NO/c10-7-2-1-5(9(11,12)13)3-6(7)8(15)4-14/h1-3,8,15H,4,14H2/t8-/m1/s1. The van der Waals surface area contributed by atoms with Crippen molar-refractivity contribution in [3.63, 3.8) is 0 Å². The fourth-order valence-corrected chi connectivity index (χ4v) is 1.10. The van der Waals surface area contributed by atoms with Crippen molar-refractivity contribution in [2.45, 2.75) is 12.3 Å². The second kappa shape index (κ2) is 4.16. The lowest BCUT2D eigenvalue weighted by Gasteiger charge is -2.12. The van der Waals surface area contributed by atoms with Crippen molar-refractivity contribution in [2.75, 3.05) is 6.54 Å². The largest absolute Gasteiger partial charge is 0.416 e. The third-order valence-electron chi connectivity index (χ3n) is 1.91. The van der Waals surface area contributed by atoms with Crippen molar-refractivity contribution in [2.24, 2.45) is 5.73 Å². The minimum absolute atomic E-state index is 0.335. The highest BCUT2D eigenvalue weighted by atomic mass is 19.4. The summed E-state index contributed by atoms with van der Waals surface area (Å²) in [5, 5.41) is 9.17. The molecule has 0 unspecified atom stereocenters. The van der Waals surface area contributed by atoms with Gasteiger partial charge in [0.05, 0.1) is 11.7 Å². The lowest BCUT2D eigenvalue weighted by atomic mass is 10.1. The van der Waals surface area contributed by atoms with Gasteiger partial charge in [0.1, 0.15) is 5.82 Å². The molecule has 3 N–H and O–H groups in total. The molecule has 0 aliphatic carbocycles. The molecule has 0 saturated carbocycles. The monoisotopic (exact) mass is 223 g/mol. The van der Waals surface area contributed by atoms with Crippen molar-refractivity contribution in [3.05, 3.63) is 35.1 Å². The Bertz CT molecular complexity index is 350. The van der Waals surface area contributed by atoms with Gasteiger partial charge in [-0.25, -0.2) is 4.39 Å². The van der Waals surface area contributed by atoms with E-state index in [1.54, 1.807) is 0 Å². The van der Waals surface area contributed by atoms with Crippen LogP contribution >= 0.6 is 0 Å². The summed E-state index contributed by atoms with van der Waals surface area (Å²) >= 11 is 0. The first-order chi connectivity index (χ1) is 6.86. The van der Waals surface area contributed by atoms with Crippen molar-refractivity contribution in [1.29, 1.82) is 0 Å². The van der Waals surface area contributed by atoms with E-state index in [2.05, 4.69) is 0 Å². The molecule has 0 fully saturated rings. The summed E-state index contributed by atoms with van der Waals surface area (Å²) in [6.45, 7) is -0.335. The summed E-state index contributed by atoms with van der Waals surface area (Å²) in [6.07, 6.45) is -5.98. The number of aliphatic hydroxyl groups excluding tert-OH is 1. The van der Waals surface area contributed by atoms with Gasteiger partial charge in [-0.15, -0.1) is 0 Å². The highest BCUT2D eigenvalue weighted by Crippen LogP contribution is 2.31. The second-order valence-corrected chi connectivity index (χ2v) is 2.99. The number of aliphatic hydroxyl groups is 1. The highest BCUT2D eigenvalue weighted by molar-refractivity contribution is 5.28. The number of rotatable bonds is 2. The predicted molar refractivity (Wildman–Crippen MR) is 45.4 cm³/mol. The van der Waals surface area contributed by atoms with E-state index in [4.69, 9.17) is 10.8 Å². The molecule has 0 aromatic heterocycles. The van der Waals surface area contributed by atoms with Crippen LogP contribution in [0.1, 0.15) is 17.2 Å². The summed E-state index contributed by atoms with van der Waals surface area (Å²) in [7, 11) is 0. The SMILES string of the molecule is NC[C@@H](O)c1cc(C(F)(F)F)ccc1F. The molecule has 84 valence electrons. The molecule has 0 aliphatic heterocycles. The Morgan fingerprint density at radius 2 is 1.93 bits per heavy atom. The van der Waals surface area contributed by atoms with E-state index in [-0.39, 0.29) is 6.54 Å². The zero-order valence-electron chi connectivity index (χ0n) is 7.55. The maximum absolute atomic E-state index is 13.0. The Kier molecular flexibility index (Phi) is 3.31. The molecular weight excluding hydrogens is 214 g/mol. The maximum atomic E-state index is 13.0. The van der Waals surface area contributed by atoms with E-state index in [1.165, 1.54) is 0 Å². The van der Waals surface area contributed by atoms with Gasteiger partial charge < -0.3 is 10.8 Å². The Hall–Kier alpha value is -1.14. The first kappa shape index (κ1) is 11.9. The van der Waals surface area contributed by atoms with Crippen LogP contribution in [-0.4, -0.2) is 11.7 Å². The van der Waals surface area contributed by atoms with Crippen LogP contribution in [0.4, 0.5) is 17.6 Å². The minimum Gasteiger partial charge on any atom is -0.387 e. The van der Waals surface area contributed by atoms with Gasteiger partial charge in [0.2, 0.25) is 0 Å². The number of hydrogen-bond donors (Lipinski definition) is 2. The molecule has 1 aromatic carbocycles. The van der Waals surface area contributed by atoms with E-state index in [0.717, 1.165) is 0 Å². The minimum atomic E-state index is -4.56. The summed E-state index contributed by atoms with van der Waals surface area (Å²) in [4.78, 5) is 0. The zero-order valence-corrected chi connectivity index (χ0v) is 7.55. The molecule has 0 heterocycles.